The number of carbonyl (C=O) groups is 3. The number of esters is 1. The lowest BCUT2D eigenvalue weighted by atomic mass is 9.50. The minimum absolute atomic E-state index is 0.162. The summed E-state index contributed by atoms with van der Waals surface area (Å²) in [6, 6.07) is 0. The average molecular weight is 352 g/mol. The van der Waals surface area contributed by atoms with Crippen LogP contribution in [0.3, 0.4) is 0 Å². The number of Topliss-reactive ketones (excluding diaryl/α,β-unsaturated/α-hetero) is 2. The molecule has 8 heteroatoms. The van der Waals surface area contributed by atoms with Gasteiger partial charge in [0, 0.05) is 12.3 Å². The summed E-state index contributed by atoms with van der Waals surface area (Å²) in [6.07, 6.45) is -3.42. The highest BCUT2D eigenvalue weighted by molar-refractivity contribution is 6.01. The fraction of sp³-hybridized carbons (Fsp3) is 0.706. The molecule has 4 rings (SSSR count). The third-order valence-electron chi connectivity index (χ3n) is 6.63. The van der Waals surface area contributed by atoms with E-state index in [1.54, 1.807) is 13.8 Å². The second-order valence-corrected chi connectivity index (χ2v) is 7.56. The van der Waals surface area contributed by atoms with Crippen LogP contribution in [0.1, 0.15) is 20.8 Å². The summed E-state index contributed by atoms with van der Waals surface area (Å²) in [5, 5.41) is 21.7. The third kappa shape index (κ3) is 1.64. The third-order valence-corrected chi connectivity index (χ3v) is 6.63. The first-order valence-electron chi connectivity index (χ1n) is 8.19. The van der Waals surface area contributed by atoms with Gasteiger partial charge in [0.05, 0.1) is 18.1 Å². The molecule has 7 atom stereocenters. The van der Waals surface area contributed by atoms with Gasteiger partial charge in [-0.05, 0) is 18.6 Å². The predicted molar refractivity (Wildman–Crippen MR) is 80.3 cm³/mol. The van der Waals surface area contributed by atoms with Crippen LogP contribution < -0.4 is 0 Å². The van der Waals surface area contributed by atoms with Gasteiger partial charge in [-0.15, -0.1) is 0 Å². The Bertz CT molecular complexity index is 722. The van der Waals surface area contributed by atoms with Crippen molar-refractivity contribution in [3.63, 3.8) is 0 Å². The van der Waals surface area contributed by atoms with E-state index < -0.39 is 58.4 Å². The summed E-state index contributed by atoms with van der Waals surface area (Å²) >= 11 is 0. The van der Waals surface area contributed by atoms with Crippen molar-refractivity contribution >= 4 is 17.5 Å². The van der Waals surface area contributed by atoms with Crippen molar-refractivity contribution in [1.82, 2.24) is 0 Å². The number of aliphatic hydroxyl groups excluding tert-OH is 2. The second kappa shape index (κ2) is 4.76. The summed E-state index contributed by atoms with van der Waals surface area (Å²) < 4.78 is 16.7. The second-order valence-electron chi connectivity index (χ2n) is 7.56. The van der Waals surface area contributed by atoms with Gasteiger partial charge >= 0.3 is 5.97 Å². The lowest BCUT2D eigenvalue weighted by Gasteiger charge is -2.58. The summed E-state index contributed by atoms with van der Waals surface area (Å²) in [6.45, 7) is 4.15. The molecule has 2 aliphatic heterocycles. The quantitative estimate of drug-likeness (QED) is 0.475. The molecule has 2 heterocycles. The number of fused-ring (bicyclic) bond motifs is 2. The average Bonchev–Trinajstić information content (AvgIpc) is 3.34. The fourth-order valence-electron chi connectivity index (χ4n) is 5.00. The van der Waals surface area contributed by atoms with Crippen LogP contribution in [-0.4, -0.2) is 71.0 Å². The molecular weight excluding hydrogens is 332 g/mol. The Labute approximate surface area is 143 Å². The normalized spacial score (nSPS) is 50.5. The molecule has 25 heavy (non-hydrogen) atoms. The molecule has 1 saturated carbocycles. The smallest absolute Gasteiger partial charge is 0.302 e. The van der Waals surface area contributed by atoms with Crippen LogP contribution in [0.2, 0.25) is 0 Å². The molecule has 1 spiro atoms. The maximum absolute atomic E-state index is 12.6. The molecule has 0 aromatic heterocycles. The maximum atomic E-state index is 12.6. The summed E-state index contributed by atoms with van der Waals surface area (Å²) in [5.41, 5.74) is -3.69. The van der Waals surface area contributed by atoms with Gasteiger partial charge < -0.3 is 24.4 Å². The molecule has 0 aromatic rings. The highest BCUT2D eigenvalue weighted by Crippen LogP contribution is 2.70. The van der Waals surface area contributed by atoms with E-state index >= 15 is 0 Å². The van der Waals surface area contributed by atoms with Gasteiger partial charge in [-0.25, -0.2) is 0 Å². The zero-order valence-corrected chi connectivity index (χ0v) is 14.1. The Balaban J connectivity index is 1.95. The van der Waals surface area contributed by atoms with Gasteiger partial charge in [0.2, 0.25) is 0 Å². The zero-order valence-electron chi connectivity index (χ0n) is 14.1. The van der Waals surface area contributed by atoms with Gasteiger partial charge in [0.25, 0.3) is 0 Å². The number of epoxide rings is 1. The number of ether oxygens (including phenoxy) is 3. The molecule has 2 N–H and O–H groups in total. The molecule has 2 bridgehead atoms. The highest BCUT2D eigenvalue weighted by atomic mass is 16.6. The van der Waals surface area contributed by atoms with Crippen molar-refractivity contribution in [1.29, 1.82) is 0 Å². The van der Waals surface area contributed by atoms with E-state index in [1.807, 2.05) is 0 Å². The van der Waals surface area contributed by atoms with E-state index in [-0.39, 0.29) is 13.2 Å². The Kier molecular flexibility index (Phi) is 3.21. The molecule has 8 nitrogen and oxygen atoms in total. The van der Waals surface area contributed by atoms with E-state index in [9.17, 15) is 24.6 Å². The van der Waals surface area contributed by atoms with Gasteiger partial charge in [-0.1, -0.05) is 6.92 Å². The van der Waals surface area contributed by atoms with Gasteiger partial charge in [0.15, 0.2) is 17.7 Å². The Morgan fingerprint density at radius 2 is 2.00 bits per heavy atom. The number of rotatable bonds is 2. The van der Waals surface area contributed by atoms with Crippen molar-refractivity contribution in [3.05, 3.63) is 11.6 Å². The fourth-order valence-corrected chi connectivity index (χ4v) is 5.00. The molecule has 0 aromatic carbocycles. The largest absolute Gasteiger partial charge is 0.465 e. The van der Waals surface area contributed by atoms with E-state index in [0.29, 0.717) is 5.57 Å². The molecular formula is C17H20O8. The summed E-state index contributed by atoms with van der Waals surface area (Å²) in [5.74, 6) is -1.69. The zero-order chi connectivity index (χ0) is 18.4. The molecule has 0 unspecified atom stereocenters. The van der Waals surface area contributed by atoms with Crippen molar-refractivity contribution in [2.45, 2.75) is 50.8 Å². The highest BCUT2D eigenvalue weighted by Gasteiger charge is 2.87. The van der Waals surface area contributed by atoms with Crippen molar-refractivity contribution in [3.8, 4) is 0 Å². The molecule has 2 saturated heterocycles. The number of carbonyl (C=O) groups excluding carboxylic acids is 3. The van der Waals surface area contributed by atoms with E-state index in [4.69, 9.17) is 14.2 Å². The first kappa shape index (κ1) is 16.8. The lowest BCUT2D eigenvalue weighted by Crippen LogP contribution is -2.72. The SMILES string of the molecule is CC(=O)OC[C@]12[C@H](O)C(=O)C(C)=C[C@H]1O[C@@H]1C(=O)[C@H](O)[C@@]2(C)[C@]12CO2. The maximum Gasteiger partial charge on any atom is 0.302 e. The molecule has 0 radical (unpaired) electrons. The Morgan fingerprint density at radius 1 is 1.36 bits per heavy atom. The van der Waals surface area contributed by atoms with Crippen LogP contribution in [-0.2, 0) is 28.6 Å². The van der Waals surface area contributed by atoms with Crippen LogP contribution in [0.25, 0.3) is 0 Å². The van der Waals surface area contributed by atoms with Crippen molar-refractivity contribution in [2.24, 2.45) is 10.8 Å². The predicted octanol–water partition coefficient (Wildman–Crippen LogP) is -1.09. The monoisotopic (exact) mass is 352 g/mol. The van der Waals surface area contributed by atoms with Crippen LogP contribution in [0, 0.1) is 10.8 Å². The Morgan fingerprint density at radius 3 is 2.56 bits per heavy atom. The van der Waals surface area contributed by atoms with Gasteiger partial charge in [-0.2, -0.15) is 0 Å². The number of hydrogen-bond donors (Lipinski definition) is 2. The van der Waals surface area contributed by atoms with Crippen LogP contribution in [0.5, 0.6) is 0 Å². The van der Waals surface area contributed by atoms with Crippen LogP contribution in [0.15, 0.2) is 11.6 Å². The van der Waals surface area contributed by atoms with Crippen molar-refractivity contribution in [2.75, 3.05) is 13.2 Å². The topological polar surface area (TPSA) is 123 Å². The summed E-state index contributed by atoms with van der Waals surface area (Å²) in [4.78, 5) is 36.6. The van der Waals surface area contributed by atoms with Crippen LogP contribution >= 0.6 is 0 Å². The number of hydrogen-bond acceptors (Lipinski definition) is 8. The van der Waals surface area contributed by atoms with Crippen molar-refractivity contribution < 1.29 is 38.8 Å². The minimum atomic E-state index is -1.60. The standard InChI is InChI=1S/C17H20O8/c1-7-4-9-16(5-23-8(2)18,13(22)10(7)19)15(3)12(21)11(20)14(25-9)17(15)6-24-17/h4,9,12-14,21-22H,5-6H2,1-3H3/t9-,12+,13-,14-,15-,16-,17+/m1/s1. The van der Waals surface area contributed by atoms with Gasteiger partial charge in [-0.3, -0.25) is 14.4 Å². The van der Waals surface area contributed by atoms with Gasteiger partial charge in [0.1, 0.15) is 24.4 Å². The number of aliphatic hydroxyl groups is 2. The van der Waals surface area contributed by atoms with E-state index in [1.165, 1.54) is 13.0 Å². The van der Waals surface area contributed by atoms with E-state index in [0.717, 1.165) is 0 Å². The van der Waals surface area contributed by atoms with E-state index in [2.05, 4.69) is 0 Å². The first-order valence-corrected chi connectivity index (χ1v) is 8.19. The molecule has 4 aliphatic rings. The minimum Gasteiger partial charge on any atom is -0.465 e. The Hall–Kier alpha value is -1.61. The number of ketones is 2. The molecule has 3 fully saturated rings. The summed E-state index contributed by atoms with van der Waals surface area (Å²) in [7, 11) is 0. The first-order chi connectivity index (χ1) is 11.6. The molecule has 0 amide bonds. The molecule has 2 aliphatic carbocycles. The molecule has 136 valence electrons. The van der Waals surface area contributed by atoms with Crippen LogP contribution in [0.4, 0.5) is 0 Å². The lowest BCUT2D eigenvalue weighted by molar-refractivity contribution is -0.255.